The SMILES string of the molecule is CCC(CC)(CO)NCc1ccc(O)cc1. The van der Waals surface area contributed by atoms with E-state index >= 15 is 0 Å². The summed E-state index contributed by atoms with van der Waals surface area (Å²) in [6.45, 7) is 5.01. The largest absolute Gasteiger partial charge is 0.508 e. The van der Waals surface area contributed by atoms with E-state index in [0.717, 1.165) is 18.4 Å². The molecule has 0 unspecified atom stereocenters. The number of aliphatic hydroxyl groups excluding tert-OH is 1. The number of hydrogen-bond acceptors (Lipinski definition) is 3. The molecule has 1 aromatic rings. The van der Waals surface area contributed by atoms with Gasteiger partial charge in [-0.3, -0.25) is 0 Å². The van der Waals surface area contributed by atoms with E-state index in [4.69, 9.17) is 5.11 Å². The quantitative estimate of drug-likeness (QED) is 0.691. The van der Waals surface area contributed by atoms with Crippen molar-refractivity contribution in [2.75, 3.05) is 6.61 Å². The van der Waals surface area contributed by atoms with Crippen molar-refractivity contribution < 1.29 is 10.2 Å². The maximum Gasteiger partial charge on any atom is 0.115 e. The van der Waals surface area contributed by atoms with Crippen molar-refractivity contribution in [3.8, 4) is 5.75 Å². The van der Waals surface area contributed by atoms with Crippen molar-refractivity contribution in [2.24, 2.45) is 0 Å². The number of phenolic OH excluding ortho intramolecular Hbond substituents is 1. The van der Waals surface area contributed by atoms with E-state index in [1.165, 1.54) is 0 Å². The molecule has 0 heterocycles. The van der Waals surface area contributed by atoms with Crippen LogP contribution in [0.25, 0.3) is 0 Å². The van der Waals surface area contributed by atoms with Crippen LogP contribution in [-0.2, 0) is 6.54 Å². The van der Waals surface area contributed by atoms with E-state index in [2.05, 4.69) is 19.2 Å². The van der Waals surface area contributed by atoms with E-state index in [0.29, 0.717) is 6.54 Å². The van der Waals surface area contributed by atoms with E-state index in [1.54, 1.807) is 12.1 Å². The van der Waals surface area contributed by atoms with Gasteiger partial charge in [-0.05, 0) is 30.5 Å². The molecule has 16 heavy (non-hydrogen) atoms. The van der Waals surface area contributed by atoms with E-state index < -0.39 is 0 Å². The minimum absolute atomic E-state index is 0.151. The van der Waals surface area contributed by atoms with Crippen LogP contribution in [0.15, 0.2) is 24.3 Å². The summed E-state index contributed by atoms with van der Waals surface area (Å²) in [4.78, 5) is 0. The molecule has 0 atom stereocenters. The lowest BCUT2D eigenvalue weighted by atomic mass is 9.93. The van der Waals surface area contributed by atoms with Crippen LogP contribution in [0.4, 0.5) is 0 Å². The van der Waals surface area contributed by atoms with Gasteiger partial charge in [-0.2, -0.15) is 0 Å². The minimum Gasteiger partial charge on any atom is -0.508 e. The van der Waals surface area contributed by atoms with Gasteiger partial charge in [-0.25, -0.2) is 0 Å². The number of aromatic hydroxyl groups is 1. The molecule has 0 spiro atoms. The summed E-state index contributed by atoms with van der Waals surface area (Å²) >= 11 is 0. The van der Waals surface area contributed by atoms with Gasteiger partial charge < -0.3 is 15.5 Å². The Bertz CT molecular complexity index is 296. The summed E-state index contributed by atoms with van der Waals surface area (Å²) in [5, 5.41) is 21.9. The van der Waals surface area contributed by atoms with E-state index in [-0.39, 0.29) is 17.9 Å². The average Bonchev–Trinajstić information content (AvgIpc) is 2.34. The minimum atomic E-state index is -0.183. The fourth-order valence-corrected chi connectivity index (χ4v) is 1.68. The van der Waals surface area contributed by atoms with Crippen molar-refractivity contribution in [1.82, 2.24) is 5.32 Å². The molecule has 0 fully saturated rings. The fraction of sp³-hybridized carbons (Fsp3) is 0.538. The Morgan fingerprint density at radius 1 is 1.12 bits per heavy atom. The lowest BCUT2D eigenvalue weighted by Crippen LogP contribution is -2.47. The maximum absolute atomic E-state index is 9.40. The predicted octanol–water partition coefficient (Wildman–Crippen LogP) is 2.03. The number of nitrogens with one attached hydrogen (secondary N) is 1. The first kappa shape index (κ1) is 13.0. The molecule has 1 rings (SSSR count). The van der Waals surface area contributed by atoms with Crippen LogP contribution in [0.2, 0.25) is 0 Å². The molecule has 1 aromatic carbocycles. The average molecular weight is 223 g/mol. The highest BCUT2D eigenvalue weighted by Crippen LogP contribution is 2.16. The third kappa shape index (κ3) is 3.22. The Balaban J connectivity index is 2.58. The van der Waals surface area contributed by atoms with Crippen LogP contribution in [-0.4, -0.2) is 22.4 Å². The number of hydrogen-bond donors (Lipinski definition) is 3. The van der Waals surface area contributed by atoms with Gasteiger partial charge >= 0.3 is 0 Å². The summed E-state index contributed by atoms with van der Waals surface area (Å²) in [6.07, 6.45) is 1.80. The number of rotatable bonds is 6. The Morgan fingerprint density at radius 2 is 1.69 bits per heavy atom. The number of aliphatic hydroxyl groups is 1. The molecular formula is C13H21NO2. The monoisotopic (exact) mass is 223 g/mol. The van der Waals surface area contributed by atoms with Crippen LogP contribution < -0.4 is 5.32 Å². The van der Waals surface area contributed by atoms with Gasteiger partial charge in [0.25, 0.3) is 0 Å². The third-order valence-electron chi connectivity index (χ3n) is 3.26. The normalized spacial score (nSPS) is 11.7. The summed E-state index contributed by atoms with van der Waals surface area (Å²) < 4.78 is 0. The summed E-state index contributed by atoms with van der Waals surface area (Å²) in [6, 6.07) is 7.12. The van der Waals surface area contributed by atoms with Gasteiger partial charge in [-0.1, -0.05) is 26.0 Å². The topological polar surface area (TPSA) is 52.5 Å². The Morgan fingerprint density at radius 3 is 2.12 bits per heavy atom. The second kappa shape index (κ2) is 5.87. The molecule has 0 aliphatic heterocycles. The van der Waals surface area contributed by atoms with Gasteiger partial charge in [0.15, 0.2) is 0 Å². The van der Waals surface area contributed by atoms with Crippen LogP contribution in [0.3, 0.4) is 0 Å². The fourth-order valence-electron chi connectivity index (χ4n) is 1.68. The second-order valence-electron chi connectivity index (χ2n) is 4.17. The molecular weight excluding hydrogens is 202 g/mol. The molecule has 0 saturated heterocycles. The van der Waals surface area contributed by atoms with Crippen LogP contribution in [0.5, 0.6) is 5.75 Å². The highest BCUT2D eigenvalue weighted by Gasteiger charge is 2.23. The lowest BCUT2D eigenvalue weighted by Gasteiger charge is -2.31. The molecule has 0 aliphatic rings. The highest BCUT2D eigenvalue weighted by molar-refractivity contribution is 5.25. The first-order chi connectivity index (χ1) is 7.65. The van der Waals surface area contributed by atoms with Crippen molar-refractivity contribution in [3.05, 3.63) is 29.8 Å². The third-order valence-corrected chi connectivity index (χ3v) is 3.26. The van der Waals surface area contributed by atoms with Crippen LogP contribution in [0, 0.1) is 0 Å². The Hall–Kier alpha value is -1.06. The van der Waals surface area contributed by atoms with Gasteiger partial charge in [0, 0.05) is 12.1 Å². The zero-order valence-corrected chi connectivity index (χ0v) is 10.0. The molecule has 0 bridgehead atoms. The molecule has 3 N–H and O–H groups in total. The molecule has 3 nitrogen and oxygen atoms in total. The Labute approximate surface area is 97.1 Å². The van der Waals surface area contributed by atoms with Gasteiger partial charge in [-0.15, -0.1) is 0 Å². The first-order valence-electron chi connectivity index (χ1n) is 5.79. The zero-order valence-electron chi connectivity index (χ0n) is 10.0. The maximum atomic E-state index is 9.40. The number of phenols is 1. The van der Waals surface area contributed by atoms with Crippen molar-refractivity contribution in [1.29, 1.82) is 0 Å². The van der Waals surface area contributed by atoms with Crippen molar-refractivity contribution >= 4 is 0 Å². The molecule has 0 aromatic heterocycles. The predicted molar refractivity (Wildman–Crippen MR) is 65.3 cm³/mol. The van der Waals surface area contributed by atoms with Crippen LogP contribution >= 0.6 is 0 Å². The number of benzene rings is 1. The summed E-state index contributed by atoms with van der Waals surface area (Å²) in [7, 11) is 0. The van der Waals surface area contributed by atoms with Crippen molar-refractivity contribution in [3.63, 3.8) is 0 Å². The molecule has 0 aliphatic carbocycles. The molecule has 90 valence electrons. The Kier molecular flexibility index (Phi) is 4.77. The smallest absolute Gasteiger partial charge is 0.115 e. The molecule has 0 amide bonds. The van der Waals surface area contributed by atoms with E-state index in [9.17, 15) is 5.11 Å². The zero-order chi connectivity index (χ0) is 12.0. The molecule has 0 radical (unpaired) electrons. The first-order valence-corrected chi connectivity index (χ1v) is 5.79. The van der Waals surface area contributed by atoms with Gasteiger partial charge in [0.1, 0.15) is 5.75 Å². The summed E-state index contributed by atoms with van der Waals surface area (Å²) in [5.41, 5.74) is 0.926. The molecule has 3 heteroatoms. The highest BCUT2D eigenvalue weighted by atomic mass is 16.3. The standard InChI is InChI=1S/C13H21NO2/c1-3-13(4-2,10-15)14-9-11-5-7-12(16)8-6-11/h5-8,14-16H,3-4,9-10H2,1-2H3. The van der Waals surface area contributed by atoms with Crippen molar-refractivity contribution in [2.45, 2.75) is 38.8 Å². The van der Waals surface area contributed by atoms with E-state index in [1.807, 2.05) is 12.1 Å². The lowest BCUT2D eigenvalue weighted by molar-refractivity contribution is 0.149. The summed E-state index contributed by atoms with van der Waals surface area (Å²) in [5.74, 6) is 0.281. The second-order valence-corrected chi connectivity index (χ2v) is 4.17. The van der Waals surface area contributed by atoms with Crippen LogP contribution in [0.1, 0.15) is 32.3 Å². The molecule has 0 saturated carbocycles. The van der Waals surface area contributed by atoms with Gasteiger partial charge in [0.05, 0.1) is 6.61 Å². The van der Waals surface area contributed by atoms with Gasteiger partial charge in [0.2, 0.25) is 0 Å².